The Bertz CT molecular complexity index is 406. The van der Waals surface area contributed by atoms with Gasteiger partial charge in [0.25, 0.3) is 0 Å². The normalized spacial score (nSPS) is 12.6. The molecule has 0 aliphatic carbocycles. The van der Waals surface area contributed by atoms with Crippen LogP contribution in [0.1, 0.15) is 25.0 Å². The Morgan fingerprint density at radius 1 is 1.29 bits per heavy atom. The molecule has 0 aliphatic heterocycles. The molecule has 0 saturated heterocycles. The van der Waals surface area contributed by atoms with Gasteiger partial charge in [-0.3, -0.25) is 0 Å². The van der Waals surface area contributed by atoms with Gasteiger partial charge in [0, 0.05) is 5.02 Å². The van der Waals surface area contributed by atoms with E-state index in [0.29, 0.717) is 10.8 Å². The Labute approximate surface area is 107 Å². The van der Waals surface area contributed by atoms with Crippen LogP contribution >= 0.6 is 11.6 Å². The van der Waals surface area contributed by atoms with Crippen molar-refractivity contribution in [3.05, 3.63) is 28.3 Å². The Morgan fingerprint density at radius 2 is 1.76 bits per heavy atom. The fraction of sp³-hybridized carbons (Fsp3) is 0.462. The standard InChI is InChI=1S/C13H18ClNO2/c1-7(2)12(15)13(16)17-10-5-8(3)11(14)9(4)6-10/h5-7,12H,15H2,1-4H3. The summed E-state index contributed by atoms with van der Waals surface area (Å²) in [6.07, 6.45) is 0. The van der Waals surface area contributed by atoms with E-state index >= 15 is 0 Å². The van der Waals surface area contributed by atoms with E-state index in [0.717, 1.165) is 11.1 Å². The second-order valence-electron chi connectivity index (χ2n) is 4.56. The number of hydrogen-bond donors (Lipinski definition) is 1. The molecule has 1 aromatic carbocycles. The molecule has 1 rings (SSSR count). The molecular weight excluding hydrogens is 238 g/mol. The summed E-state index contributed by atoms with van der Waals surface area (Å²) in [5, 5.41) is 0.693. The van der Waals surface area contributed by atoms with Gasteiger partial charge in [0.1, 0.15) is 11.8 Å². The topological polar surface area (TPSA) is 52.3 Å². The van der Waals surface area contributed by atoms with Crippen LogP contribution in [-0.2, 0) is 4.79 Å². The Kier molecular flexibility index (Phi) is 4.54. The summed E-state index contributed by atoms with van der Waals surface area (Å²) < 4.78 is 5.23. The average molecular weight is 256 g/mol. The SMILES string of the molecule is Cc1cc(OC(=O)C(N)C(C)C)cc(C)c1Cl. The van der Waals surface area contributed by atoms with Gasteiger partial charge in [-0.1, -0.05) is 25.4 Å². The van der Waals surface area contributed by atoms with Crippen LogP contribution in [0.4, 0.5) is 0 Å². The molecule has 1 aromatic rings. The van der Waals surface area contributed by atoms with Crippen molar-refractivity contribution in [1.29, 1.82) is 0 Å². The van der Waals surface area contributed by atoms with Crippen LogP contribution in [0, 0.1) is 19.8 Å². The van der Waals surface area contributed by atoms with Crippen LogP contribution in [-0.4, -0.2) is 12.0 Å². The van der Waals surface area contributed by atoms with Crippen LogP contribution < -0.4 is 10.5 Å². The van der Waals surface area contributed by atoms with E-state index in [1.807, 2.05) is 27.7 Å². The number of carbonyl (C=O) groups is 1. The van der Waals surface area contributed by atoms with E-state index in [2.05, 4.69) is 0 Å². The van der Waals surface area contributed by atoms with Crippen molar-refractivity contribution in [2.75, 3.05) is 0 Å². The number of hydrogen-bond acceptors (Lipinski definition) is 3. The largest absolute Gasteiger partial charge is 0.425 e. The lowest BCUT2D eigenvalue weighted by Crippen LogP contribution is -2.38. The molecule has 4 heteroatoms. The maximum absolute atomic E-state index is 11.7. The highest BCUT2D eigenvalue weighted by Crippen LogP contribution is 2.26. The first-order valence-electron chi connectivity index (χ1n) is 5.57. The lowest BCUT2D eigenvalue weighted by atomic mass is 10.1. The van der Waals surface area contributed by atoms with Crippen molar-refractivity contribution in [2.45, 2.75) is 33.7 Å². The number of halogens is 1. The number of ether oxygens (including phenoxy) is 1. The van der Waals surface area contributed by atoms with Crippen molar-refractivity contribution < 1.29 is 9.53 Å². The van der Waals surface area contributed by atoms with Crippen LogP contribution in [0.25, 0.3) is 0 Å². The summed E-state index contributed by atoms with van der Waals surface area (Å²) in [7, 11) is 0. The molecule has 0 bridgehead atoms. The Balaban J connectivity index is 2.86. The fourth-order valence-electron chi connectivity index (χ4n) is 1.42. The summed E-state index contributed by atoms with van der Waals surface area (Å²) >= 11 is 6.03. The minimum absolute atomic E-state index is 0.0528. The first-order valence-corrected chi connectivity index (χ1v) is 5.94. The van der Waals surface area contributed by atoms with Crippen LogP contribution in [0.5, 0.6) is 5.75 Å². The molecule has 94 valence electrons. The number of nitrogens with two attached hydrogens (primary N) is 1. The summed E-state index contributed by atoms with van der Waals surface area (Å²) in [6.45, 7) is 7.50. The average Bonchev–Trinajstić information content (AvgIpc) is 2.24. The summed E-state index contributed by atoms with van der Waals surface area (Å²) in [6, 6.07) is 2.87. The number of rotatable bonds is 3. The van der Waals surface area contributed by atoms with Gasteiger partial charge in [-0.25, -0.2) is 4.79 Å². The molecule has 0 spiro atoms. The van der Waals surface area contributed by atoms with Crippen molar-refractivity contribution in [3.63, 3.8) is 0 Å². The van der Waals surface area contributed by atoms with Crippen molar-refractivity contribution in [1.82, 2.24) is 0 Å². The molecule has 0 radical (unpaired) electrons. The molecule has 3 nitrogen and oxygen atoms in total. The van der Waals surface area contributed by atoms with Gasteiger partial charge in [-0.2, -0.15) is 0 Å². The zero-order valence-electron chi connectivity index (χ0n) is 10.6. The fourth-order valence-corrected chi connectivity index (χ4v) is 1.53. The first kappa shape index (κ1) is 14.0. The van der Waals surface area contributed by atoms with Gasteiger partial charge < -0.3 is 10.5 Å². The maximum atomic E-state index is 11.7. The molecule has 0 saturated carbocycles. The van der Waals surface area contributed by atoms with Gasteiger partial charge in [0.15, 0.2) is 0 Å². The van der Waals surface area contributed by atoms with E-state index in [-0.39, 0.29) is 5.92 Å². The minimum atomic E-state index is -0.605. The predicted molar refractivity (Wildman–Crippen MR) is 69.4 cm³/mol. The highest BCUT2D eigenvalue weighted by Gasteiger charge is 2.19. The highest BCUT2D eigenvalue weighted by atomic mass is 35.5. The summed E-state index contributed by atoms with van der Waals surface area (Å²) in [5.74, 6) is 0.128. The van der Waals surface area contributed by atoms with Gasteiger partial charge in [0.2, 0.25) is 0 Å². The molecule has 1 atom stereocenters. The molecule has 17 heavy (non-hydrogen) atoms. The van der Waals surface area contributed by atoms with Crippen LogP contribution in [0.3, 0.4) is 0 Å². The monoisotopic (exact) mass is 255 g/mol. The molecule has 0 aromatic heterocycles. The zero-order chi connectivity index (χ0) is 13.2. The van der Waals surface area contributed by atoms with Crippen LogP contribution in [0.2, 0.25) is 5.02 Å². The lowest BCUT2D eigenvalue weighted by Gasteiger charge is -2.15. The van der Waals surface area contributed by atoms with E-state index < -0.39 is 12.0 Å². The molecular formula is C13H18ClNO2. The van der Waals surface area contributed by atoms with Crippen molar-refractivity contribution in [3.8, 4) is 5.75 Å². The molecule has 0 amide bonds. The predicted octanol–water partition coefficient (Wildman–Crippen LogP) is 2.85. The number of carbonyl (C=O) groups excluding carboxylic acids is 1. The molecule has 0 heterocycles. The quantitative estimate of drug-likeness (QED) is 0.668. The Hall–Kier alpha value is -1.06. The third kappa shape index (κ3) is 3.45. The lowest BCUT2D eigenvalue weighted by molar-refractivity contribution is -0.136. The minimum Gasteiger partial charge on any atom is -0.425 e. The Morgan fingerprint density at radius 3 is 2.18 bits per heavy atom. The molecule has 1 unspecified atom stereocenters. The third-order valence-corrected chi connectivity index (χ3v) is 3.21. The maximum Gasteiger partial charge on any atom is 0.328 e. The summed E-state index contributed by atoms with van der Waals surface area (Å²) in [4.78, 5) is 11.7. The molecule has 0 aliphatic rings. The highest BCUT2D eigenvalue weighted by molar-refractivity contribution is 6.32. The zero-order valence-corrected chi connectivity index (χ0v) is 11.3. The third-order valence-electron chi connectivity index (χ3n) is 2.62. The first-order chi connectivity index (χ1) is 7.82. The van der Waals surface area contributed by atoms with Crippen molar-refractivity contribution in [2.24, 2.45) is 11.7 Å². The smallest absolute Gasteiger partial charge is 0.328 e. The second-order valence-corrected chi connectivity index (χ2v) is 4.94. The van der Waals surface area contributed by atoms with Crippen LogP contribution in [0.15, 0.2) is 12.1 Å². The number of esters is 1. The molecule has 0 fully saturated rings. The van der Waals surface area contributed by atoms with Gasteiger partial charge in [0.05, 0.1) is 0 Å². The second kappa shape index (κ2) is 5.52. The summed E-state index contributed by atoms with van der Waals surface area (Å²) in [5.41, 5.74) is 7.48. The number of benzene rings is 1. The van der Waals surface area contributed by atoms with Gasteiger partial charge >= 0.3 is 5.97 Å². The number of aryl methyl sites for hydroxylation is 2. The van der Waals surface area contributed by atoms with E-state index in [1.165, 1.54) is 0 Å². The van der Waals surface area contributed by atoms with Gasteiger partial charge in [-0.15, -0.1) is 0 Å². The van der Waals surface area contributed by atoms with E-state index in [9.17, 15) is 4.79 Å². The van der Waals surface area contributed by atoms with E-state index in [4.69, 9.17) is 22.1 Å². The van der Waals surface area contributed by atoms with Crippen molar-refractivity contribution >= 4 is 17.6 Å². The van der Waals surface area contributed by atoms with E-state index in [1.54, 1.807) is 12.1 Å². The molecule has 2 N–H and O–H groups in total. The van der Waals surface area contributed by atoms with Gasteiger partial charge in [-0.05, 0) is 43.0 Å².